The summed E-state index contributed by atoms with van der Waals surface area (Å²) in [6.07, 6.45) is 1.87. The maximum Gasteiger partial charge on any atom is 0.296 e. The van der Waals surface area contributed by atoms with Crippen LogP contribution in [0.3, 0.4) is 0 Å². The Morgan fingerprint density at radius 3 is 2.14 bits per heavy atom. The largest absolute Gasteiger partial charge is 0.296 e. The molecule has 1 rings (SSSR count). The van der Waals surface area contributed by atoms with Crippen molar-refractivity contribution in [2.45, 2.75) is 20.8 Å². The summed E-state index contributed by atoms with van der Waals surface area (Å²) in [7, 11) is 0. The minimum Gasteiger partial charge on any atom is -0.264 e. The third-order valence-electron chi connectivity index (χ3n) is 3.03. The average molecular weight is 195 g/mol. The van der Waals surface area contributed by atoms with E-state index in [9.17, 15) is 4.79 Å². The molecular weight excluding hydrogens is 176 g/mol. The number of quaternary nitrogens is 1. The zero-order chi connectivity index (χ0) is 10.6. The first-order valence-electron chi connectivity index (χ1n) is 5.24. The van der Waals surface area contributed by atoms with Gasteiger partial charge < -0.3 is 0 Å². The number of aromatic nitrogens is 1. The molecule has 0 radical (unpaired) electrons. The van der Waals surface area contributed by atoms with Crippen LogP contribution in [0.15, 0.2) is 29.2 Å². The molecule has 1 aromatic heterocycles. The molecule has 0 atom stereocenters. The Balaban J connectivity index is 3.24. The first kappa shape index (κ1) is 11.0. The molecular formula is C11H19N2O+. The van der Waals surface area contributed by atoms with Crippen molar-refractivity contribution in [2.75, 3.05) is 19.6 Å². The molecule has 0 aliphatic heterocycles. The van der Waals surface area contributed by atoms with Gasteiger partial charge in [0.15, 0.2) is 0 Å². The van der Waals surface area contributed by atoms with Gasteiger partial charge in [-0.2, -0.15) is 4.68 Å². The summed E-state index contributed by atoms with van der Waals surface area (Å²) in [4.78, 5) is 11.7. The Labute approximate surface area is 85.2 Å². The maximum atomic E-state index is 11.7. The summed E-state index contributed by atoms with van der Waals surface area (Å²) in [6, 6.07) is 5.32. The molecule has 0 amide bonds. The topological polar surface area (TPSA) is 22.0 Å². The van der Waals surface area contributed by atoms with E-state index in [1.807, 2.05) is 16.9 Å². The summed E-state index contributed by atoms with van der Waals surface area (Å²) in [5, 5.41) is 0. The van der Waals surface area contributed by atoms with Crippen molar-refractivity contribution in [3.8, 4) is 0 Å². The molecule has 0 saturated heterocycles. The van der Waals surface area contributed by atoms with Crippen LogP contribution in [0.1, 0.15) is 20.8 Å². The van der Waals surface area contributed by atoms with Crippen LogP contribution < -0.4 is 10.2 Å². The fourth-order valence-electron chi connectivity index (χ4n) is 1.90. The van der Waals surface area contributed by atoms with E-state index >= 15 is 0 Å². The third-order valence-corrected chi connectivity index (χ3v) is 3.03. The lowest BCUT2D eigenvalue weighted by molar-refractivity contribution is 0.137. The van der Waals surface area contributed by atoms with Gasteiger partial charge in [-0.15, -0.1) is 0 Å². The molecule has 0 bridgehead atoms. The quantitative estimate of drug-likeness (QED) is 0.665. The van der Waals surface area contributed by atoms with Gasteiger partial charge in [-0.05, 0) is 26.8 Å². The molecule has 3 heteroatoms. The zero-order valence-electron chi connectivity index (χ0n) is 9.23. The van der Waals surface area contributed by atoms with E-state index in [1.54, 1.807) is 12.1 Å². The van der Waals surface area contributed by atoms with Crippen molar-refractivity contribution >= 4 is 0 Å². The van der Waals surface area contributed by atoms with E-state index in [-0.39, 0.29) is 5.56 Å². The summed E-state index contributed by atoms with van der Waals surface area (Å²) in [5.41, 5.74) is 0.0815. The van der Waals surface area contributed by atoms with Gasteiger partial charge in [0, 0.05) is 6.07 Å². The lowest BCUT2D eigenvalue weighted by atomic mass is 10.4. The van der Waals surface area contributed by atoms with Gasteiger partial charge in [0.2, 0.25) is 0 Å². The lowest BCUT2D eigenvalue weighted by Crippen LogP contribution is -2.61. The van der Waals surface area contributed by atoms with Crippen LogP contribution in [0.2, 0.25) is 0 Å². The number of hydrogen-bond donors (Lipinski definition) is 0. The number of rotatable bonds is 4. The van der Waals surface area contributed by atoms with Crippen molar-refractivity contribution in [3.05, 3.63) is 34.7 Å². The van der Waals surface area contributed by atoms with E-state index in [0.29, 0.717) is 4.59 Å². The van der Waals surface area contributed by atoms with Gasteiger partial charge in [-0.3, -0.25) is 4.79 Å². The SMILES string of the molecule is CC[N+](CC)(CC)n1ccccc1=O. The fraction of sp³-hybridized carbons (Fsp3) is 0.545. The molecule has 0 N–H and O–H groups in total. The molecule has 0 saturated carbocycles. The van der Waals surface area contributed by atoms with Gasteiger partial charge >= 0.3 is 0 Å². The van der Waals surface area contributed by atoms with Crippen molar-refractivity contribution in [1.29, 1.82) is 0 Å². The van der Waals surface area contributed by atoms with Crippen LogP contribution in [0.5, 0.6) is 0 Å². The second-order valence-electron chi connectivity index (χ2n) is 3.43. The molecule has 0 spiro atoms. The molecule has 0 aromatic carbocycles. The molecule has 0 aliphatic carbocycles. The molecule has 3 nitrogen and oxygen atoms in total. The Morgan fingerprint density at radius 1 is 1.14 bits per heavy atom. The molecule has 0 unspecified atom stereocenters. The predicted octanol–water partition coefficient (Wildman–Crippen LogP) is 1.35. The fourth-order valence-corrected chi connectivity index (χ4v) is 1.90. The third kappa shape index (κ3) is 1.73. The Kier molecular flexibility index (Phi) is 3.47. The molecule has 1 aromatic rings. The van der Waals surface area contributed by atoms with E-state index < -0.39 is 0 Å². The van der Waals surface area contributed by atoms with Crippen molar-refractivity contribution in [2.24, 2.45) is 0 Å². The maximum absolute atomic E-state index is 11.7. The van der Waals surface area contributed by atoms with Gasteiger partial charge in [-0.1, -0.05) is 6.07 Å². The van der Waals surface area contributed by atoms with E-state index in [0.717, 1.165) is 19.6 Å². The summed E-state index contributed by atoms with van der Waals surface area (Å²) >= 11 is 0. The van der Waals surface area contributed by atoms with Crippen molar-refractivity contribution < 1.29 is 0 Å². The Morgan fingerprint density at radius 2 is 1.71 bits per heavy atom. The number of pyridine rings is 1. The highest BCUT2D eigenvalue weighted by atomic mass is 16.1. The van der Waals surface area contributed by atoms with Gasteiger partial charge in [0.05, 0.1) is 25.8 Å². The standard InChI is InChI=1S/C11H19N2O/c1-4-13(5-2,6-3)12-10-8-7-9-11(12)14/h7-10H,4-6H2,1-3H3/q+1. The smallest absolute Gasteiger partial charge is 0.264 e. The van der Waals surface area contributed by atoms with E-state index in [4.69, 9.17) is 0 Å². The number of nitrogens with zero attached hydrogens (tertiary/aromatic N) is 2. The summed E-state index contributed by atoms with van der Waals surface area (Å²) in [6.45, 7) is 9.18. The highest BCUT2D eigenvalue weighted by Crippen LogP contribution is 2.01. The highest BCUT2D eigenvalue weighted by molar-refractivity contribution is 4.96. The molecule has 0 aliphatic rings. The van der Waals surface area contributed by atoms with Gasteiger partial charge in [-0.25, -0.2) is 4.59 Å². The molecule has 0 fully saturated rings. The van der Waals surface area contributed by atoms with Crippen molar-refractivity contribution in [1.82, 2.24) is 9.27 Å². The zero-order valence-corrected chi connectivity index (χ0v) is 9.23. The molecule has 14 heavy (non-hydrogen) atoms. The van der Waals surface area contributed by atoms with Gasteiger partial charge in [0.1, 0.15) is 0 Å². The predicted molar refractivity (Wildman–Crippen MR) is 59.9 cm³/mol. The summed E-state index contributed by atoms with van der Waals surface area (Å²) < 4.78 is 2.53. The van der Waals surface area contributed by atoms with Crippen LogP contribution in [0, 0.1) is 0 Å². The van der Waals surface area contributed by atoms with E-state index in [1.165, 1.54) is 0 Å². The molecule has 1 heterocycles. The van der Waals surface area contributed by atoms with Crippen LogP contribution >= 0.6 is 0 Å². The Hall–Kier alpha value is -1.09. The van der Waals surface area contributed by atoms with Gasteiger partial charge in [0.25, 0.3) is 5.56 Å². The number of hydrogen-bond acceptors (Lipinski definition) is 1. The van der Waals surface area contributed by atoms with E-state index in [2.05, 4.69) is 20.8 Å². The van der Waals surface area contributed by atoms with Crippen LogP contribution in [-0.4, -0.2) is 24.3 Å². The second kappa shape index (κ2) is 4.42. The highest BCUT2D eigenvalue weighted by Gasteiger charge is 2.24. The minimum absolute atomic E-state index is 0.0815. The monoisotopic (exact) mass is 195 g/mol. The van der Waals surface area contributed by atoms with Crippen LogP contribution in [0.25, 0.3) is 0 Å². The minimum atomic E-state index is 0.0815. The first-order valence-corrected chi connectivity index (χ1v) is 5.24. The first-order chi connectivity index (χ1) is 6.70. The average Bonchev–Trinajstić information content (AvgIpc) is 2.24. The Bertz CT molecular complexity index is 331. The van der Waals surface area contributed by atoms with Crippen LogP contribution in [0.4, 0.5) is 0 Å². The van der Waals surface area contributed by atoms with Crippen LogP contribution in [-0.2, 0) is 0 Å². The summed E-state index contributed by atoms with van der Waals surface area (Å²) in [5.74, 6) is 0. The second-order valence-corrected chi connectivity index (χ2v) is 3.43. The van der Waals surface area contributed by atoms with Crippen molar-refractivity contribution in [3.63, 3.8) is 0 Å². The normalized spacial score (nSPS) is 11.6. The lowest BCUT2D eigenvalue weighted by Gasteiger charge is -2.35. The molecule has 78 valence electrons.